The Kier molecular flexibility index (Phi) is 4.98. The number of benzene rings is 1. The molecule has 4 nitrogen and oxygen atoms in total. The normalized spacial score (nSPS) is 16.8. The van der Waals surface area contributed by atoms with Gasteiger partial charge in [-0.05, 0) is 31.4 Å². The molecule has 2 heterocycles. The maximum absolute atomic E-state index is 12.3. The first-order valence-electron chi connectivity index (χ1n) is 6.68. The smallest absolute Gasteiger partial charge is 0.243 e. The second-order valence-corrected chi connectivity index (χ2v) is 6.26. The summed E-state index contributed by atoms with van der Waals surface area (Å²) in [7, 11) is 0. The number of hydrogen-bond donors (Lipinski definition) is 2. The van der Waals surface area contributed by atoms with E-state index in [-0.39, 0.29) is 24.4 Å². The van der Waals surface area contributed by atoms with Crippen molar-refractivity contribution in [2.45, 2.75) is 32.9 Å². The molecule has 2 N–H and O–H groups in total. The fourth-order valence-electron chi connectivity index (χ4n) is 2.36. The molecule has 0 fully saturated rings. The van der Waals surface area contributed by atoms with Gasteiger partial charge in [-0.25, -0.2) is 4.98 Å². The fourth-order valence-corrected chi connectivity index (χ4v) is 3.18. The monoisotopic (exact) mass is 323 g/mol. The molecule has 112 valence electrons. The van der Waals surface area contributed by atoms with Crippen LogP contribution in [0.2, 0.25) is 0 Å². The number of nitrogens with zero attached hydrogens (tertiary/aromatic N) is 1. The van der Waals surface area contributed by atoms with Crippen LogP contribution in [0.15, 0.2) is 24.3 Å². The van der Waals surface area contributed by atoms with Gasteiger partial charge in [0.15, 0.2) is 5.13 Å². The van der Waals surface area contributed by atoms with E-state index < -0.39 is 0 Å². The van der Waals surface area contributed by atoms with E-state index in [4.69, 9.17) is 0 Å². The van der Waals surface area contributed by atoms with E-state index in [9.17, 15) is 4.79 Å². The van der Waals surface area contributed by atoms with Gasteiger partial charge in [0.2, 0.25) is 5.91 Å². The lowest BCUT2D eigenvalue weighted by Gasteiger charge is -2.24. The van der Waals surface area contributed by atoms with Crippen molar-refractivity contribution in [1.82, 2.24) is 10.3 Å². The van der Waals surface area contributed by atoms with Crippen LogP contribution in [0.25, 0.3) is 0 Å². The number of fused-ring (bicyclic) bond motifs is 1. The SMILES string of the molecule is Cc1nc(NC(=O)C2Cc3ccccc3CN2)sc1C.Cl. The number of rotatable bonds is 2. The molecule has 0 spiro atoms. The summed E-state index contributed by atoms with van der Waals surface area (Å²) < 4.78 is 0. The molecule has 1 aliphatic heterocycles. The van der Waals surface area contributed by atoms with E-state index in [0.29, 0.717) is 5.13 Å². The van der Waals surface area contributed by atoms with Crippen LogP contribution >= 0.6 is 23.7 Å². The van der Waals surface area contributed by atoms with Crippen LogP contribution in [-0.2, 0) is 17.8 Å². The zero-order valence-corrected chi connectivity index (χ0v) is 13.6. The largest absolute Gasteiger partial charge is 0.301 e. The molecule has 1 aromatic heterocycles. The third-order valence-electron chi connectivity index (χ3n) is 3.66. The van der Waals surface area contributed by atoms with E-state index in [1.807, 2.05) is 26.0 Å². The lowest BCUT2D eigenvalue weighted by molar-refractivity contribution is -0.118. The predicted octanol–water partition coefficient (Wildman–Crippen LogP) is 2.83. The van der Waals surface area contributed by atoms with Crippen molar-refractivity contribution in [2.75, 3.05) is 5.32 Å². The van der Waals surface area contributed by atoms with Crippen LogP contribution in [0.1, 0.15) is 21.7 Å². The van der Waals surface area contributed by atoms with Crippen LogP contribution in [0.4, 0.5) is 5.13 Å². The van der Waals surface area contributed by atoms with Gasteiger partial charge in [0.1, 0.15) is 0 Å². The summed E-state index contributed by atoms with van der Waals surface area (Å²) in [5.74, 6) is -0.00625. The number of halogens is 1. The van der Waals surface area contributed by atoms with E-state index in [0.717, 1.165) is 23.5 Å². The van der Waals surface area contributed by atoms with E-state index >= 15 is 0 Å². The Balaban J connectivity index is 0.00000161. The molecule has 2 aromatic rings. The lowest BCUT2D eigenvalue weighted by Crippen LogP contribution is -2.44. The number of amides is 1. The zero-order valence-electron chi connectivity index (χ0n) is 12.0. The Hall–Kier alpha value is -1.43. The highest BCUT2D eigenvalue weighted by Gasteiger charge is 2.24. The Morgan fingerprint density at radius 3 is 2.71 bits per heavy atom. The molecule has 6 heteroatoms. The van der Waals surface area contributed by atoms with Crippen molar-refractivity contribution in [3.8, 4) is 0 Å². The maximum atomic E-state index is 12.3. The third-order valence-corrected chi connectivity index (χ3v) is 4.64. The zero-order chi connectivity index (χ0) is 14.1. The standard InChI is InChI=1S/C15H17N3OS.ClH/c1-9-10(2)20-15(17-9)18-14(19)13-7-11-5-3-4-6-12(11)8-16-13;/h3-6,13,16H,7-8H2,1-2H3,(H,17,18,19);1H. The molecule has 0 saturated carbocycles. The van der Waals surface area contributed by atoms with Gasteiger partial charge >= 0.3 is 0 Å². The molecule has 1 aliphatic rings. The Morgan fingerprint density at radius 2 is 2.05 bits per heavy atom. The van der Waals surface area contributed by atoms with Gasteiger partial charge in [-0.1, -0.05) is 24.3 Å². The molecule has 1 amide bonds. The second kappa shape index (κ2) is 6.56. The maximum Gasteiger partial charge on any atom is 0.243 e. The Labute approximate surface area is 134 Å². The van der Waals surface area contributed by atoms with Crippen LogP contribution in [-0.4, -0.2) is 16.9 Å². The minimum absolute atomic E-state index is 0. The Bertz CT molecular complexity index is 637. The van der Waals surface area contributed by atoms with Crippen LogP contribution in [0.5, 0.6) is 0 Å². The molecule has 0 bridgehead atoms. The molecule has 21 heavy (non-hydrogen) atoms. The van der Waals surface area contributed by atoms with Gasteiger partial charge < -0.3 is 10.6 Å². The molecule has 1 aromatic carbocycles. The topological polar surface area (TPSA) is 54.0 Å². The average molecular weight is 324 g/mol. The fraction of sp³-hybridized carbons (Fsp3) is 0.333. The molecule has 0 radical (unpaired) electrons. The van der Waals surface area contributed by atoms with Crippen LogP contribution in [0, 0.1) is 13.8 Å². The number of nitrogens with one attached hydrogen (secondary N) is 2. The summed E-state index contributed by atoms with van der Waals surface area (Å²) in [5.41, 5.74) is 3.50. The van der Waals surface area contributed by atoms with Crippen LogP contribution in [0.3, 0.4) is 0 Å². The number of hydrogen-bond acceptors (Lipinski definition) is 4. The van der Waals surface area contributed by atoms with Crippen molar-refractivity contribution in [1.29, 1.82) is 0 Å². The molecular formula is C15H18ClN3OS. The molecule has 0 saturated heterocycles. The van der Waals surface area contributed by atoms with Gasteiger partial charge in [-0.2, -0.15) is 0 Å². The van der Waals surface area contributed by atoms with E-state index in [2.05, 4.69) is 27.8 Å². The Morgan fingerprint density at radius 1 is 1.33 bits per heavy atom. The van der Waals surface area contributed by atoms with Crippen molar-refractivity contribution in [2.24, 2.45) is 0 Å². The first-order valence-corrected chi connectivity index (χ1v) is 7.50. The van der Waals surface area contributed by atoms with Crippen molar-refractivity contribution in [3.63, 3.8) is 0 Å². The summed E-state index contributed by atoms with van der Waals surface area (Å²) in [4.78, 5) is 17.8. The van der Waals surface area contributed by atoms with E-state index in [1.165, 1.54) is 22.5 Å². The van der Waals surface area contributed by atoms with Crippen molar-refractivity contribution < 1.29 is 4.79 Å². The first kappa shape index (κ1) is 15.9. The highest BCUT2D eigenvalue weighted by atomic mass is 35.5. The van der Waals surface area contributed by atoms with Crippen LogP contribution < -0.4 is 10.6 Å². The van der Waals surface area contributed by atoms with Gasteiger partial charge in [0.25, 0.3) is 0 Å². The summed E-state index contributed by atoms with van der Waals surface area (Å²) in [6.07, 6.45) is 0.728. The van der Waals surface area contributed by atoms with Gasteiger partial charge in [0, 0.05) is 11.4 Å². The van der Waals surface area contributed by atoms with Crippen molar-refractivity contribution >= 4 is 34.8 Å². The van der Waals surface area contributed by atoms with Gasteiger partial charge in [-0.15, -0.1) is 23.7 Å². The summed E-state index contributed by atoms with van der Waals surface area (Å²) in [5, 5.41) is 6.88. The van der Waals surface area contributed by atoms with E-state index in [1.54, 1.807) is 0 Å². The number of carbonyl (C=O) groups is 1. The number of aromatic nitrogens is 1. The number of carbonyl (C=O) groups excluding carboxylic acids is 1. The predicted molar refractivity (Wildman–Crippen MR) is 88.2 cm³/mol. The minimum atomic E-state index is -0.186. The molecule has 1 unspecified atom stereocenters. The molecule has 1 atom stereocenters. The minimum Gasteiger partial charge on any atom is -0.301 e. The molecular weight excluding hydrogens is 306 g/mol. The first-order chi connectivity index (χ1) is 9.63. The number of anilines is 1. The van der Waals surface area contributed by atoms with Crippen molar-refractivity contribution in [3.05, 3.63) is 46.0 Å². The second-order valence-electron chi connectivity index (χ2n) is 5.06. The quantitative estimate of drug-likeness (QED) is 0.893. The lowest BCUT2D eigenvalue weighted by atomic mass is 9.95. The molecule has 0 aliphatic carbocycles. The summed E-state index contributed by atoms with van der Waals surface area (Å²) >= 11 is 1.52. The average Bonchev–Trinajstić information content (AvgIpc) is 2.76. The third kappa shape index (κ3) is 3.43. The highest BCUT2D eigenvalue weighted by molar-refractivity contribution is 7.15. The number of thiazole rings is 1. The summed E-state index contributed by atoms with van der Waals surface area (Å²) in [6.45, 7) is 4.71. The summed E-state index contributed by atoms with van der Waals surface area (Å²) in [6, 6.07) is 8.06. The highest BCUT2D eigenvalue weighted by Crippen LogP contribution is 2.22. The molecule has 3 rings (SSSR count). The van der Waals surface area contributed by atoms with Gasteiger partial charge in [-0.3, -0.25) is 4.79 Å². The van der Waals surface area contributed by atoms with Gasteiger partial charge in [0.05, 0.1) is 11.7 Å². The number of aryl methyl sites for hydroxylation is 2.